The number of amides is 1. The molecule has 158 valence electrons. The number of nitrogens with one attached hydrogen (secondary N) is 1. The average molecular weight is 450 g/mol. The van der Waals surface area contributed by atoms with E-state index < -0.39 is 17.5 Å². The molecule has 1 fully saturated rings. The van der Waals surface area contributed by atoms with Crippen LogP contribution in [0.4, 0.5) is 14.5 Å². The summed E-state index contributed by atoms with van der Waals surface area (Å²) >= 11 is 2.64. The van der Waals surface area contributed by atoms with Gasteiger partial charge in [-0.1, -0.05) is 24.6 Å². The topological polar surface area (TPSA) is 64.0 Å². The van der Waals surface area contributed by atoms with E-state index in [1.807, 2.05) is 13.8 Å². The lowest BCUT2D eigenvalue weighted by molar-refractivity contribution is -0.113. The van der Waals surface area contributed by atoms with Crippen molar-refractivity contribution >= 4 is 44.9 Å². The number of anilines is 1. The number of hydrogen-bond acceptors (Lipinski definition) is 5. The van der Waals surface area contributed by atoms with Gasteiger partial charge in [-0.15, -0.1) is 11.3 Å². The highest BCUT2D eigenvalue weighted by molar-refractivity contribution is 7.99. The fourth-order valence-corrected chi connectivity index (χ4v) is 5.72. The first kappa shape index (κ1) is 21.0. The maximum absolute atomic E-state index is 13.8. The summed E-state index contributed by atoms with van der Waals surface area (Å²) in [7, 11) is 0. The molecule has 0 saturated heterocycles. The summed E-state index contributed by atoms with van der Waals surface area (Å²) in [5, 5.41) is 3.62. The van der Waals surface area contributed by atoms with Gasteiger partial charge in [0.15, 0.2) is 5.16 Å². The summed E-state index contributed by atoms with van der Waals surface area (Å²) in [5.74, 6) is -2.03. The first-order chi connectivity index (χ1) is 14.3. The van der Waals surface area contributed by atoms with Gasteiger partial charge in [0.25, 0.3) is 5.56 Å². The summed E-state index contributed by atoms with van der Waals surface area (Å²) in [4.78, 5) is 32.1. The first-order valence-electron chi connectivity index (χ1n) is 9.75. The number of aromatic nitrogens is 2. The lowest BCUT2D eigenvalue weighted by atomic mass is 10.2. The summed E-state index contributed by atoms with van der Waals surface area (Å²) < 4.78 is 28.6. The second-order valence-corrected chi connectivity index (χ2v) is 9.58. The Labute approximate surface area is 180 Å². The number of nitrogens with zero attached hydrogens (tertiary/aromatic N) is 2. The van der Waals surface area contributed by atoms with Gasteiger partial charge in [-0.2, -0.15) is 0 Å². The molecular weight excluding hydrogens is 428 g/mol. The maximum Gasteiger partial charge on any atom is 0.263 e. The third kappa shape index (κ3) is 4.00. The predicted molar refractivity (Wildman–Crippen MR) is 117 cm³/mol. The van der Waals surface area contributed by atoms with E-state index >= 15 is 0 Å². The van der Waals surface area contributed by atoms with Crippen molar-refractivity contribution in [1.29, 1.82) is 0 Å². The van der Waals surface area contributed by atoms with Crippen LogP contribution in [0.1, 0.15) is 42.2 Å². The van der Waals surface area contributed by atoms with Crippen molar-refractivity contribution in [2.45, 2.75) is 50.7 Å². The highest BCUT2D eigenvalue weighted by Crippen LogP contribution is 2.34. The van der Waals surface area contributed by atoms with Gasteiger partial charge in [-0.25, -0.2) is 13.8 Å². The van der Waals surface area contributed by atoms with Crippen LogP contribution in [0.25, 0.3) is 10.2 Å². The van der Waals surface area contributed by atoms with E-state index in [4.69, 9.17) is 4.98 Å². The predicted octanol–water partition coefficient (Wildman–Crippen LogP) is 5.20. The molecule has 9 heteroatoms. The van der Waals surface area contributed by atoms with Crippen LogP contribution < -0.4 is 10.9 Å². The van der Waals surface area contributed by atoms with E-state index in [1.165, 1.54) is 17.4 Å². The molecule has 1 N–H and O–H groups in total. The number of carbonyl (C=O) groups is 1. The molecule has 2 heterocycles. The van der Waals surface area contributed by atoms with Crippen LogP contribution in [0, 0.1) is 25.5 Å². The molecule has 1 aliphatic rings. The van der Waals surface area contributed by atoms with Gasteiger partial charge >= 0.3 is 0 Å². The van der Waals surface area contributed by atoms with E-state index in [0.717, 1.165) is 60.0 Å². The molecule has 30 heavy (non-hydrogen) atoms. The minimum atomic E-state index is -0.833. The molecule has 0 spiro atoms. The molecule has 1 aromatic carbocycles. The highest BCUT2D eigenvalue weighted by Gasteiger charge is 2.25. The van der Waals surface area contributed by atoms with Crippen LogP contribution in [0.15, 0.2) is 28.2 Å². The molecule has 0 bridgehead atoms. The van der Waals surface area contributed by atoms with Gasteiger partial charge < -0.3 is 5.32 Å². The quantitative estimate of drug-likeness (QED) is 0.430. The minimum Gasteiger partial charge on any atom is -0.323 e. The second kappa shape index (κ2) is 8.47. The van der Waals surface area contributed by atoms with Crippen molar-refractivity contribution in [1.82, 2.24) is 9.55 Å². The van der Waals surface area contributed by atoms with Crippen molar-refractivity contribution < 1.29 is 13.6 Å². The van der Waals surface area contributed by atoms with Crippen LogP contribution in [-0.4, -0.2) is 21.2 Å². The molecular formula is C21H21F2N3O2S2. The van der Waals surface area contributed by atoms with E-state index in [1.54, 1.807) is 4.57 Å². The molecule has 5 nitrogen and oxygen atoms in total. The summed E-state index contributed by atoms with van der Waals surface area (Å²) in [6.07, 6.45) is 3.95. The van der Waals surface area contributed by atoms with Crippen LogP contribution in [0.3, 0.4) is 0 Å². The highest BCUT2D eigenvalue weighted by atomic mass is 32.2. The molecule has 1 aliphatic carbocycles. The number of fused-ring (bicyclic) bond motifs is 1. The Balaban J connectivity index is 1.62. The van der Waals surface area contributed by atoms with Gasteiger partial charge in [0.1, 0.15) is 16.5 Å². The largest absolute Gasteiger partial charge is 0.323 e. The van der Waals surface area contributed by atoms with E-state index in [0.29, 0.717) is 15.4 Å². The van der Waals surface area contributed by atoms with Gasteiger partial charge in [-0.3, -0.25) is 14.2 Å². The number of benzene rings is 1. The number of thiophene rings is 1. The molecule has 1 amide bonds. The Morgan fingerprint density at radius 2 is 2.03 bits per heavy atom. The minimum absolute atomic E-state index is 0.0369. The van der Waals surface area contributed by atoms with Crippen molar-refractivity contribution in [3.8, 4) is 0 Å². The van der Waals surface area contributed by atoms with E-state index in [9.17, 15) is 18.4 Å². The SMILES string of the molecule is Cc1sc2nc(SCC(=O)Nc3ccc(F)cc3F)n(C3CCCC3)c(=O)c2c1C. The standard InChI is InChI=1S/C21H21F2N3O2S2/c1-11-12(2)30-19-18(11)20(28)26(14-5-3-4-6-14)21(25-19)29-10-17(27)24-16-8-7-13(22)9-15(16)23/h7-9,14H,3-6,10H2,1-2H3,(H,24,27). The van der Waals surface area contributed by atoms with Gasteiger partial charge in [0.05, 0.1) is 16.8 Å². The molecule has 2 aromatic heterocycles. The zero-order valence-corrected chi connectivity index (χ0v) is 18.3. The molecule has 0 unspecified atom stereocenters. The fourth-order valence-electron chi connectivity index (χ4n) is 3.78. The maximum atomic E-state index is 13.8. The molecule has 4 rings (SSSR count). The lowest BCUT2D eigenvalue weighted by Gasteiger charge is -2.18. The Bertz CT molecular complexity index is 1180. The van der Waals surface area contributed by atoms with Gasteiger partial charge in [-0.05, 0) is 44.4 Å². The summed E-state index contributed by atoms with van der Waals surface area (Å²) in [6, 6.07) is 3.07. The van der Waals surface area contributed by atoms with Crippen LogP contribution in [0.2, 0.25) is 0 Å². The Morgan fingerprint density at radius 1 is 1.30 bits per heavy atom. The Hall–Kier alpha value is -2.26. The second-order valence-electron chi connectivity index (χ2n) is 7.43. The average Bonchev–Trinajstić information content (AvgIpc) is 3.31. The molecule has 0 aliphatic heterocycles. The molecule has 3 aromatic rings. The monoisotopic (exact) mass is 449 g/mol. The number of thioether (sulfide) groups is 1. The normalized spacial score (nSPS) is 14.5. The number of carbonyl (C=O) groups excluding carboxylic acids is 1. The molecule has 0 atom stereocenters. The van der Waals surface area contributed by atoms with E-state index in [2.05, 4.69) is 5.32 Å². The van der Waals surface area contributed by atoms with Crippen LogP contribution in [-0.2, 0) is 4.79 Å². The smallest absolute Gasteiger partial charge is 0.263 e. The number of aryl methyl sites for hydroxylation is 2. The lowest BCUT2D eigenvalue weighted by Crippen LogP contribution is -2.27. The van der Waals surface area contributed by atoms with E-state index in [-0.39, 0.29) is 23.0 Å². The molecule has 1 saturated carbocycles. The zero-order valence-electron chi connectivity index (χ0n) is 16.6. The Morgan fingerprint density at radius 3 is 2.73 bits per heavy atom. The number of halogens is 2. The Kier molecular flexibility index (Phi) is 5.92. The number of rotatable bonds is 5. The number of hydrogen-bond donors (Lipinski definition) is 1. The van der Waals surface area contributed by atoms with Gasteiger partial charge in [0.2, 0.25) is 5.91 Å². The van der Waals surface area contributed by atoms with Crippen molar-refractivity contribution in [2.75, 3.05) is 11.1 Å². The van der Waals surface area contributed by atoms with Gasteiger partial charge in [0, 0.05) is 17.0 Å². The van der Waals surface area contributed by atoms with Crippen molar-refractivity contribution in [3.05, 3.63) is 50.6 Å². The first-order valence-corrected chi connectivity index (χ1v) is 11.6. The summed E-state index contributed by atoms with van der Waals surface area (Å²) in [5.41, 5.74) is 0.824. The fraction of sp³-hybridized carbons (Fsp3) is 0.381. The molecule has 0 radical (unpaired) electrons. The van der Waals surface area contributed by atoms with Crippen LogP contribution in [0.5, 0.6) is 0 Å². The third-order valence-corrected chi connectivity index (χ3v) is 7.48. The third-order valence-electron chi connectivity index (χ3n) is 5.43. The zero-order chi connectivity index (χ0) is 21.4. The van der Waals surface area contributed by atoms with Crippen LogP contribution >= 0.6 is 23.1 Å². The van der Waals surface area contributed by atoms with Crippen molar-refractivity contribution in [3.63, 3.8) is 0 Å². The van der Waals surface area contributed by atoms with Crippen molar-refractivity contribution in [2.24, 2.45) is 0 Å². The summed E-state index contributed by atoms with van der Waals surface area (Å²) in [6.45, 7) is 3.91.